The van der Waals surface area contributed by atoms with Gasteiger partial charge >= 0.3 is 0 Å². The summed E-state index contributed by atoms with van der Waals surface area (Å²) in [6.07, 6.45) is 0. The molecule has 0 radical (unpaired) electrons. The van der Waals surface area contributed by atoms with E-state index in [-0.39, 0.29) is 5.54 Å². The van der Waals surface area contributed by atoms with Gasteiger partial charge in [-0.15, -0.1) is 21.8 Å². The highest BCUT2D eigenvalue weighted by Crippen LogP contribution is 2.28. The van der Waals surface area contributed by atoms with Crippen LogP contribution in [0.4, 0.5) is 0 Å². The Balaban J connectivity index is 2.66. The summed E-state index contributed by atoms with van der Waals surface area (Å²) in [6.45, 7) is 8.48. The van der Waals surface area contributed by atoms with Crippen LogP contribution in [-0.2, 0) is 11.4 Å². The van der Waals surface area contributed by atoms with E-state index in [9.17, 15) is 0 Å². The summed E-state index contributed by atoms with van der Waals surface area (Å²) < 4.78 is 2.11. The molecule has 0 aliphatic rings. The first-order valence-corrected chi connectivity index (χ1v) is 6.55. The van der Waals surface area contributed by atoms with Gasteiger partial charge in [0.25, 0.3) is 0 Å². The zero-order valence-electron chi connectivity index (χ0n) is 11.2. The van der Waals surface area contributed by atoms with Crippen LogP contribution in [-0.4, -0.2) is 14.8 Å². The van der Waals surface area contributed by atoms with E-state index in [4.69, 9.17) is 11.6 Å². The van der Waals surface area contributed by atoms with Gasteiger partial charge in [-0.1, -0.05) is 24.3 Å². The number of aromatic nitrogens is 3. The average Bonchev–Trinajstić information content (AvgIpc) is 2.73. The lowest BCUT2D eigenvalue weighted by molar-refractivity contribution is 0.390. The lowest BCUT2D eigenvalue weighted by Gasteiger charge is -2.25. The Labute approximate surface area is 113 Å². The third-order valence-electron chi connectivity index (χ3n) is 2.91. The van der Waals surface area contributed by atoms with Gasteiger partial charge in [0.1, 0.15) is 5.82 Å². The molecule has 96 valence electrons. The number of nitrogens with zero attached hydrogens (tertiary/aromatic N) is 3. The van der Waals surface area contributed by atoms with E-state index >= 15 is 0 Å². The molecule has 1 aromatic carbocycles. The van der Waals surface area contributed by atoms with E-state index in [0.29, 0.717) is 5.88 Å². The van der Waals surface area contributed by atoms with Crippen LogP contribution in [0.5, 0.6) is 0 Å². The van der Waals surface area contributed by atoms with E-state index in [1.807, 2.05) is 12.1 Å². The van der Waals surface area contributed by atoms with Crippen LogP contribution in [0.15, 0.2) is 24.3 Å². The minimum Gasteiger partial charge on any atom is -0.305 e. The Bertz CT molecular complexity index is 552. The Morgan fingerprint density at radius 1 is 1.17 bits per heavy atom. The molecule has 0 aliphatic carbocycles. The molecule has 0 saturated heterocycles. The van der Waals surface area contributed by atoms with Gasteiger partial charge in [-0.3, -0.25) is 0 Å². The number of aryl methyl sites for hydroxylation is 1. The molecule has 0 fully saturated rings. The second-order valence-electron chi connectivity index (χ2n) is 5.39. The monoisotopic (exact) mass is 263 g/mol. The minimum absolute atomic E-state index is 0.0919. The fourth-order valence-electron chi connectivity index (χ4n) is 2.11. The topological polar surface area (TPSA) is 30.7 Å². The standard InChI is InChI=1S/C14H18ClN3/c1-10-7-5-6-8-11(10)13-17-16-12(9-15)18(13)14(2,3)4/h5-8H,9H2,1-4H3. The second kappa shape index (κ2) is 4.73. The van der Waals surface area contributed by atoms with Crippen molar-refractivity contribution in [3.05, 3.63) is 35.7 Å². The van der Waals surface area contributed by atoms with Crippen molar-refractivity contribution in [3.63, 3.8) is 0 Å². The Hall–Kier alpha value is -1.35. The molecule has 4 heteroatoms. The summed E-state index contributed by atoms with van der Waals surface area (Å²) in [5, 5.41) is 8.51. The quantitative estimate of drug-likeness (QED) is 0.773. The molecule has 0 saturated carbocycles. The first-order valence-electron chi connectivity index (χ1n) is 6.02. The van der Waals surface area contributed by atoms with Crippen LogP contribution in [0.3, 0.4) is 0 Å². The zero-order valence-corrected chi connectivity index (χ0v) is 12.0. The molecular weight excluding hydrogens is 246 g/mol. The molecule has 0 N–H and O–H groups in total. The molecule has 1 aromatic heterocycles. The molecule has 3 nitrogen and oxygen atoms in total. The number of hydrogen-bond donors (Lipinski definition) is 0. The van der Waals surface area contributed by atoms with Crippen LogP contribution < -0.4 is 0 Å². The van der Waals surface area contributed by atoms with Crippen LogP contribution in [0.2, 0.25) is 0 Å². The predicted molar refractivity (Wildman–Crippen MR) is 74.7 cm³/mol. The number of alkyl halides is 1. The Morgan fingerprint density at radius 3 is 2.39 bits per heavy atom. The third kappa shape index (κ3) is 2.27. The number of rotatable bonds is 2. The van der Waals surface area contributed by atoms with Gasteiger partial charge in [-0.25, -0.2) is 0 Å². The smallest absolute Gasteiger partial charge is 0.164 e. The molecule has 2 aromatic rings. The largest absolute Gasteiger partial charge is 0.305 e. The van der Waals surface area contributed by atoms with Crippen molar-refractivity contribution in [1.29, 1.82) is 0 Å². The maximum atomic E-state index is 5.96. The van der Waals surface area contributed by atoms with E-state index in [1.54, 1.807) is 0 Å². The highest BCUT2D eigenvalue weighted by molar-refractivity contribution is 6.16. The number of benzene rings is 1. The van der Waals surface area contributed by atoms with E-state index in [0.717, 1.165) is 17.2 Å². The first kappa shape index (κ1) is 13.1. The molecule has 0 bridgehead atoms. The normalized spacial score (nSPS) is 11.8. The van der Waals surface area contributed by atoms with Gasteiger partial charge in [-0.2, -0.15) is 0 Å². The number of hydrogen-bond acceptors (Lipinski definition) is 2. The van der Waals surface area contributed by atoms with Crippen molar-refractivity contribution >= 4 is 11.6 Å². The predicted octanol–water partition coefficient (Wildman–Crippen LogP) is 3.75. The lowest BCUT2D eigenvalue weighted by atomic mass is 10.0. The summed E-state index contributed by atoms with van der Waals surface area (Å²) >= 11 is 5.96. The first-order chi connectivity index (χ1) is 8.45. The van der Waals surface area contributed by atoms with Crippen molar-refractivity contribution < 1.29 is 0 Å². The Morgan fingerprint density at radius 2 is 1.83 bits per heavy atom. The molecule has 1 heterocycles. The summed E-state index contributed by atoms with van der Waals surface area (Å²) in [7, 11) is 0. The fourth-order valence-corrected chi connectivity index (χ4v) is 2.28. The summed E-state index contributed by atoms with van der Waals surface area (Å²) in [6, 6.07) is 8.19. The molecule has 0 amide bonds. The van der Waals surface area contributed by atoms with E-state index in [1.165, 1.54) is 5.56 Å². The third-order valence-corrected chi connectivity index (χ3v) is 3.15. The lowest BCUT2D eigenvalue weighted by Crippen LogP contribution is -2.25. The number of halogens is 1. The SMILES string of the molecule is Cc1ccccc1-c1nnc(CCl)n1C(C)(C)C. The molecule has 0 unspecified atom stereocenters. The van der Waals surface area contributed by atoms with Gasteiger partial charge in [0.2, 0.25) is 0 Å². The van der Waals surface area contributed by atoms with Gasteiger partial charge in [0.15, 0.2) is 5.82 Å². The van der Waals surface area contributed by atoms with Gasteiger partial charge < -0.3 is 4.57 Å². The van der Waals surface area contributed by atoms with E-state index < -0.39 is 0 Å². The van der Waals surface area contributed by atoms with Gasteiger partial charge in [-0.05, 0) is 33.3 Å². The van der Waals surface area contributed by atoms with Crippen LogP contribution in [0, 0.1) is 6.92 Å². The van der Waals surface area contributed by atoms with Crippen LogP contribution in [0.25, 0.3) is 11.4 Å². The van der Waals surface area contributed by atoms with Gasteiger partial charge in [0.05, 0.1) is 5.88 Å². The molecule has 2 rings (SSSR count). The van der Waals surface area contributed by atoms with Crippen molar-refractivity contribution in [2.45, 2.75) is 39.1 Å². The van der Waals surface area contributed by atoms with Crippen molar-refractivity contribution in [3.8, 4) is 11.4 Å². The van der Waals surface area contributed by atoms with Crippen molar-refractivity contribution in [2.24, 2.45) is 0 Å². The molecule has 18 heavy (non-hydrogen) atoms. The highest BCUT2D eigenvalue weighted by Gasteiger charge is 2.23. The molecule has 0 aliphatic heterocycles. The molecular formula is C14H18ClN3. The minimum atomic E-state index is -0.0919. The van der Waals surface area contributed by atoms with Crippen LogP contribution >= 0.6 is 11.6 Å². The highest BCUT2D eigenvalue weighted by atomic mass is 35.5. The Kier molecular flexibility index (Phi) is 3.44. The fraction of sp³-hybridized carbons (Fsp3) is 0.429. The molecule has 0 atom stereocenters. The van der Waals surface area contributed by atoms with Crippen molar-refractivity contribution in [1.82, 2.24) is 14.8 Å². The maximum absolute atomic E-state index is 5.96. The van der Waals surface area contributed by atoms with E-state index in [2.05, 4.69) is 54.6 Å². The van der Waals surface area contributed by atoms with Crippen LogP contribution in [0.1, 0.15) is 32.2 Å². The van der Waals surface area contributed by atoms with Gasteiger partial charge in [0, 0.05) is 11.1 Å². The average molecular weight is 264 g/mol. The zero-order chi connectivity index (χ0) is 13.3. The molecule has 0 spiro atoms. The maximum Gasteiger partial charge on any atom is 0.164 e. The summed E-state index contributed by atoms with van der Waals surface area (Å²) in [4.78, 5) is 0. The second-order valence-corrected chi connectivity index (χ2v) is 5.66. The summed E-state index contributed by atoms with van der Waals surface area (Å²) in [5.74, 6) is 2.06. The summed E-state index contributed by atoms with van der Waals surface area (Å²) in [5.41, 5.74) is 2.21. The van der Waals surface area contributed by atoms with Crippen molar-refractivity contribution in [2.75, 3.05) is 0 Å².